The average molecular weight is 573 g/mol. The van der Waals surface area contributed by atoms with E-state index in [4.69, 9.17) is 0 Å². The van der Waals surface area contributed by atoms with E-state index in [2.05, 4.69) is 21.2 Å². The van der Waals surface area contributed by atoms with E-state index in [1.54, 1.807) is 5.32 Å². The maximum absolute atomic E-state index is 14.4. The Morgan fingerprint density at radius 2 is 1.53 bits per heavy atom. The summed E-state index contributed by atoms with van der Waals surface area (Å²) in [4.78, 5) is 12.4. The number of benzene rings is 2. The van der Waals surface area contributed by atoms with Crippen molar-refractivity contribution < 1.29 is 53.1 Å². The quantitative estimate of drug-likeness (QED) is 0.361. The monoisotopic (exact) mass is 572 g/mol. The molecule has 1 unspecified atom stereocenters. The molecule has 188 valence electrons. The molecule has 2 aromatic carbocycles. The number of rotatable bonds is 5. The molecule has 2 aromatic rings. The summed E-state index contributed by atoms with van der Waals surface area (Å²) in [5, 5.41) is 4.10. The summed E-state index contributed by atoms with van der Waals surface area (Å²) in [6.45, 7) is 0. The lowest BCUT2D eigenvalue weighted by Gasteiger charge is -2.27. The van der Waals surface area contributed by atoms with Crippen LogP contribution < -0.4 is 10.6 Å². The standard InChI is InChI=1S/C19H12BrF11N2O/c1-32-11-4-2-3-8(13(11)22)16(34)33-14-9(17(23,24)25)5-7(6-10(14)20)12(21)15(18(26,27)28)19(29,30)31/h2-6,12,15,32H,1H3,(H,33,34). The molecule has 0 fully saturated rings. The van der Waals surface area contributed by atoms with Crippen molar-refractivity contribution in [2.75, 3.05) is 17.7 Å². The minimum atomic E-state index is -6.16. The molecule has 1 amide bonds. The molecule has 0 aliphatic carbocycles. The van der Waals surface area contributed by atoms with E-state index < -0.39 is 69.2 Å². The van der Waals surface area contributed by atoms with Crippen LogP contribution in [0.4, 0.5) is 59.7 Å². The largest absolute Gasteiger partial charge is 0.418 e. The predicted octanol–water partition coefficient (Wildman–Crippen LogP) is 7.65. The first-order valence-electron chi connectivity index (χ1n) is 8.85. The third kappa shape index (κ3) is 5.91. The van der Waals surface area contributed by atoms with Gasteiger partial charge in [0, 0.05) is 11.5 Å². The zero-order valence-electron chi connectivity index (χ0n) is 16.5. The van der Waals surface area contributed by atoms with Gasteiger partial charge in [-0.2, -0.15) is 39.5 Å². The zero-order valence-corrected chi connectivity index (χ0v) is 18.1. The summed E-state index contributed by atoms with van der Waals surface area (Å²) in [5.41, 5.74) is -5.64. The van der Waals surface area contributed by atoms with Crippen LogP contribution in [-0.2, 0) is 6.18 Å². The molecular weight excluding hydrogens is 561 g/mol. The minimum absolute atomic E-state index is 0.191. The topological polar surface area (TPSA) is 41.1 Å². The van der Waals surface area contributed by atoms with Gasteiger partial charge in [0.1, 0.15) is 6.17 Å². The molecule has 2 N–H and O–H groups in total. The number of hydrogen-bond acceptors (Lipinski definition) is 2. The van der Waals surface area contributed by atoms with Gasteiger partial charge < -0.3 is 10.6 Å². The van der Waals surface area contributed by atoms with Crippen molar-refractivity contribution in [2.45, 2.75) is 24.7 Å². The van der Waals surface area contributed by atoms with Crippen LogP contribution in [0.1, 0.15) is 27.7 Å². The van der Waals surface area contributed by atoms with Crippen LogP contribution in [0.25, 0.3) is 0 Å². The number of halogens is 12. The van der Waals surface area contributed by atoms with Gasteiger partial charge in [-0.15, -0.1) is 0 Å². The highest BCUT2D eigenvalue weighted by Crippen LogP contribution is 2.50. The molecule has 0 heterocycles. The molecule has 0 aliphatic rings. The highest BCUT2D eigenvalue weighted by molar-refractivity contribution is 9.10. The maximum Gasteiger partial charge on any atom is 0.418 e. The average Bonchev–Trinajstić information content (AvgIpc) is 2.66. The molecule has 2 rings (SSSR count). The maximum atomic E-state index is 14.4. The van der Waals surface area contributed by atoms with Crippen LogP contribution in [0.2, 0.25) is 0 Å². The lowest BCUT2D eigenvalue weighted by atomic mass is 9.94. The highest BCUT2D eigenvalue weighted by Gasteiger charge is 2.61. The number of hydrogen-bond donors (Lipinski definition) is 2. The van der Waals surface area contributed by atoms with E-state index in [-0.39, 0.29) is 17.8 Å². The predicted molar refractivity (Wildman–Crippen MR) is 102 cm³/mol. The van der Waals surface area contributed by atoms with Gasteiger partial charge in [-0.3, -0.25) is 4.79 Å². The zero-order chi connectivity index (χ0) is 26.2. The smallest absolute Gasteiger partial charge is 0.386 e. The molecule has 0 aromatic heterocycles. The summed E-state index contributed by atoms with van der Waals surface area (Å²) in [6, 6.07) is 3.26. The lowest BCUT2D eigenvalue weighted by molar-refractivity contribution is -0.300. The van der Waals surface area contributed by atoms with E-state index in [9.17, 15) is 53.1 Å². The summed E-state index contributed by atoms with van der Waals surface area (Å²) in [6.07, 6.45) is -21.7. The molecule has 0 saturated heterocycles. The SMILES string of the molecule is CNc1cccc(C(=O)Nc2c(Br)cc(C(F)C(C(F)(F)F)C(F)(F)F)cc2C(F)(F)F)c1F. The van der Waals surface area contributed by atoms with Crippen molar-refractivity contribution >= 4 is 33.2 Å². The fourth-order valence-electron chi connectivity index (χ4n) is 2.93. The second-order valence-electron chi connectivity index (χ2n) is 6.76. The van der Waals surface area contributed by atoms with Crippen LogP contribution in [0.3, 0.4) is 0 Å². The minimum Gasteiger partial charge on any atom is -0.386 e. The van der Waals surface area contributed by atoms with Gasteiger partial charge in [0.05, 0.1) is 22.5 Å². The third-order valence-electron chi connectivity index (χ3n) is 4.49. The first kappa shape index (κ1) is 27.7. The van der Waals surface area contributed by atoms with Gasteiger partial charge in [-0.05, 0) is 45.8 Å². The Hall–Kier alpha value is -2.58. The van der Waals surface area contributed by atoms with Crippen LogP contribution in [0.5, 0.6) is 0 Å². The lowest BCUT2D eigenvalue weighted by Crippen LogP contribution is -2.39. The summed E-state index contributed by atoms with van der Waals surface area (Å²) >= 11 is 2.51. The second-order valence-corrected chi connectivity index (χ2v) is 7.61. The fraction of sp³-hybridized carbons (Fsp3) is 0.316. The van der Waals surface area contributed by atoms with E-state index in [1.807, 2.05) is 0 Å². The number of alkyl halides is 10. The molecule has 3 nitrogen and oxygen atoms in total. The number of carbonyl (C=O) groups excluding carboxylic acids is 1. The van der Waals surface area contributed by atoms with Crippen molar-refractivity contribution in [3.05, 3.63) is 57.3 Å². The van der Waals surface area contributed by atoms with Crippen LogP contribution in [0.15, 0.2) is 34.8 Å². The highest BCUT2D eigenvalue weighted by atomic mass is 79.9. The van der Waals surface area contributed by atoms with Gasteiger partial charge in [0.25, 0.3) is 5.91 Å². The Labute approximate surface area is 192 Å². The molecule has 1 atom stereocenters. The van der Waals surface area contributed by atoms with E-state index in [0.717, 1.165) is 6.07 Å². The Bertz CT molecular complexity index is 1050. The number of carbonyl (C=O) groups is 1. The molecule has 0 aliphatic heterocycles. The Balaban J connectivity index is 2.60. The van der Waals surface area contributed by atoms with Crippen molar-refractivity contribution in [1.29, 1.82) is 0 Å². The van der Waals surface area contributed by atoms with Gasteiger partial charge in [0.15, 0.2) is 11.7 Å². The van der Waals surface area contributed by atoms with Crippen LogP contribution in [-0.4, -0.2) is 25.3 Å². The summed E-state index contributed by atoms with van der Waals surface area (Å²) in [7, 11) is 1.29. The van der Waals surface area contributed by atoms with Crippen molar-refractivity contribution in [1.82, 2.24) is 0 Å². The molecule has 15 heteroatoms. The van der Waals surface area contributed by atoms with Crippen LogP contribution >= 0.6 is 15.9 Å². The second kappa shape index (κ2) is 9.58. The van der Waals surface area contributed by atoms with Gasteiger partial charge >= 0.3 is 18.5 Å². The van der Waals surface area contributed by atoms with Gasteiger partial charge in [-0.25, -0.2) is 8.78 Å². The van der Waals surface area contributed by atoms with Crippen molar-refractivity contribution in [3.63, 3.8) is 0 Å². The van der Waals surface area contributed by atoms with Crippen molar-refractivity contribution in [2.24, 2.45) is 5.92 Å². The van der Waals surface area contributed by atoms with E-state index in [1.165, 1.54) is 19.2 Å². The third-order valence-corrected chi connectivity index (χ3v) is 5.11. The molecule has 0 spiro atoms. The number of anilines is 2. The Morgan fingerprint density at radius 1 is 0.971 bits per heavy atom. The summed E-state index contributed by atoms with van der Waals surface area (Å²) in [5.74, 6) is -7.17. The van der Waals surface area contributed by atoms with Crippen molar-refractivity contribution in [3.8, 4) is 0 Å². The Kier molecular flexibility index (Phi) is 7.80. The fourth-order valence-corrected chi connectivity index (χ4v) is 3.51. The normalized spacial score (nSPS) is 13.7. The van der Waals surface area contributed by atoms with Gasteiger partial charge in [-0.1, -0.05) is 6.07 Å². The Morgan fingerprint density at radius 3 is 2.00 bits per heavy atom. The molecule has 0 saturated carbocycles. The summed E-state index contributed by atoms with van der Waals surface area (Å²) < 4.78 is 146. The van der Waals surface area contributed by atoms with Crippen LogP contribution in [0, 0.1) is 11.7 Å². The molecule has 0 radical (unpaired) electrons. The first-order chi connectivity index (χ1) is 15.4. The van der Waals surface area contributed by atoms with E-state index in [0.29, 0.717) is 0 Å². The first-order valence-corrected chi connectivity index (χ1v) is 9.64. The molecule has 0 bridgehead atoms. The number of amides is 1. The van der Waals surface area contributed by atoms with Gasteiger partial charge in [0.2, 0.25) is 0 Å². The molecular formula is C19H12BrF11N2O. The number of nitrogens with one attached hydrogen (secondary N) is 2. The van der Waals surface area contributed by atoms with E-state index >= 15 is 0 Å². The molecule has 34 heavy (non-hydrogen) atoms.